The molecular weight excluding hydrogens is 398 g/mol. The largest absolute Gasteiger partial charge is 0.381 e. The second-order valence-electron chi connectivity index (χ2n) is 4.44. The summed E-state index contributed by atoms with van der Waals surface area (Å²) in [6.07, 6.45) is 1.47. The van der Waals surface area contributed by atoms with E-state index in [9.17, 15) is 8.42 Å². The Morgan fingerprint density at radius 3 is 2.53 bits per heavy atom. The Morgan fingerprint density at radius 1 is 1.26 bits per heavy atom. The molecule has 4 nitrogen and oxygen atoms in total. The second kappa shape index (κ2) is 6.22. The fourth-order valence-electron chi connectivity index (χ4n) is 2.08. The van der Waals surface area contributed by atoms with Crippen LogP contribution in [-0.4, -0.2) is 39.0 Å². The highest BCUT2D eigenvalue weighted by molar-refractivity contribution is 9.11. The molecule has 1 aromatic rings. The van der Waals surface area contributed by atoms with Crippen LogP contribution in [0.1, 0.15) is 12.8 Å². The summed E-state index contributed by atoms with van der Waals surface area (Å²) in [5, 5.41) is 0. The molecule has 0 aliphatic carbocycles. The minimum Gasteiger partial charge on any atom is -0.381 e. The average Bonchev–Trinajstić information content (AvgIpc) is 2.41. The quantitative estimate of drug-likeness (QED) is 0.766. The van der Waals surface area contributed by atoms with Gasteiger partial charge in [-0.05, 0) is 47.0 Å². The van der Waals surface area contributed by atoms with E-state index in [0.717, 1.165) is 17.3 Å². The molecule has 0 N–H and O–H groups in total. The van der Waals surface area contributed by atoms with Crippen molar-refractivity contribution in [1.29, 1.82) is 0 Å². The number of halogens is 2. The number of nitrogens with zero attached hydrogens (tertiary/aromatic N) is 1. The van der Waals surface area contributed by atoms with E-state index in [0.29, 0.717) is 17.7 Å². The third-order valence-corrected chi connectivity index (χ3v) is 6.65. The molecule has 1 aromatic carbocycles. The fourth-order valence-corrected chi connectivity index (χ4v) is 4.95. The molecule has 0 saturated carbocycles. The molecule has 1 aliphatic rings. The van der Waals surface area contributed by atoms with Gasteiger partial charge in [-0.25, -0.2) is 8.42 Å². The lowest BCUT2D eigenvalue weighted by Gasteiger charge is -2.30. The van der Waals surface area contributed by atoms with E-state index in [4.69, 9.17) is 4.74 Å². The highest BCUT2D eigenvalue weighted by atomic mass is 79.9. The van der Waals surface area contributed by atoms with Gasteiger partial charge in [-0.2, -0.15) is 4.31 Å². The first-order chi connectivity index (χ1) is 8.93. The molecule has 0 unspecified atom stereocenters. The summed E-state index contributed by atoms with van der Waals surface area (Å²) in [5.41, 5.74) is 0. The lowest BCUT2D eigenvalue weighted by atomic mass is 10.1. The Hall–Kier alpha value is 0.0500. The first-order valence-electron chi connectivity index (χ1n) is 5.94. The van der Waals surface area contributed by atoms with Crippen LogP contribution in [0.2, 0.25) is 0 Å². The predicted molar refractivity (Wildman–Crippen MR) is 80.6 cm³/mol. The Morgan fingerprint density at radius 2 is 1.89 bits per heavy atom. The molecule has 1 aliphatic heterocycles. The van der Waals surface area contributed by atoms with Crippen LogP contribution in [0.4, 0.5) is 0 Å². The van der Waals surface area contributed by atoms with Crippen LogP contribution in [0.25, 0.3) is 0 Å². The highest BCUT2D eigenvalue weighted by Gasteiger charge is 2.30. The van der Waals surface area contributed by atoms with Gasteiger partial charge in [0.15, 0.2) is 0 Å². The third-order valence-electron chi connectivity index (χ3n) is 3.26. The zero-order valence-electron chi connectivity index (χ0n) is 10.5. The van der Waals surface area contributed by atoms with Crippen molar-refractivity contribution in [2.45, 2.75) is 23.8 Å². The molecule has 2 rings (SSSR count). The average molecular weight is 413 g/mol. The lowest BCUT2D eigenvalue weighted by molar-refractivity contribution is 0.0632. The van der Waals surface area contributed by atoms with Crippen LogP contribution in [-0.2, 0) is 14.8 Å². The van der Waals surface area contributed by atoms with Crippen molar-refractivity contribution >= 4 is 41.9 Å². The Bertz CT molecular complexity index is 556. The van der Waals surface area contributed by atoms with Gasteiger partial charge in [0.25, 0.3) is 0 Å². The van der Waals surface area contributed by atoms with Crippen molar-refractivity contribution in [3.8, 4) is 0 Å². The summed E-state index contributed by atoms with van der Waals surface area (Å²) in [5.74, 6) is 0. The zero-order valence-corrected chi connectivity index (χ0v) is 14.5. The molecule has 1 heterocycles. The van der Waals surface area contributed by atoms with E-state index >= 15 is 0 Å². The number of hydrogen-bond donors (Lipinski definition) is 0. The number of ether oxygens (including phenoxy) is 1. The Kier molecular flexibility index (Phi) is 5.05. The van der Waals surface area contributed by atoms with E-state index < -0.39 is 10.0 Å². The smallest absolute Gasteiger partial charge is 0.244 e. The number of hydrogen-bond acceptors (Lipinski definition) is 3. The van der Waals surface area contributed by atoms with Crippen LogP contribution >= 0.6 is 31.9 Å². The number of rotatable bonds is 3. The van der Waals surface area contributed by atoms with E-state index in [1.807, 2.05) is 0 Å². The van der Waals surface area contributed by atoms with Gasteiger partial charge in [0.1, 0.15) is 0 Å². The molecule has 0 radical (unpaired) electrons. The van der Waals surface area contributed by atoms with E-state index in [-0.39, 0.29) is 10.9 Å². The molecule has 106 valence electrons. The maximum absolute atomic E-state index is 12.6. The highest BCUT2D eigenvalue weighted by Crippen LogP contribution is 2.29. The van der Waals surface area contributed by atoms with Gasteiger partial charge >= 0.3 is 0 Å². The van der Waals surface area contributed by atoms with Crippen molar-refractivity contribution in [1.82, 2.24) is 4.31 Å². The summed E-state index contributed by atoms with van der Waals surface area (Å²) < 4.78 is 33.3. The normalized spacial score (nSPS) is 17.9. The minimum absolute atomic E-state index is 0.00429. The third kappa shape index (κ3) is 3.39. The fraction of sp³-hybridized carbons (Fsp3) is 0.500. The molecule has 7 heteroatoms. The van der Waals surface area contributed by atoms with Gasteiger partial charge in [-0.15, -0.1) is 0 Å². The van der Waals surface area contributed by atoms with Crippen molar-refractivity contribution in [2.75, 3.05) is 20.3 Å². The van der Waals surface area contributed by atoms with E-state index in [1.54, 1.807) is 25.2 Å². The van der Waals surface area contributed by atoms with Crippen LogP contribution in [0.3, 0.4) is 0 Å². The van der Waals surface area contributed by atoms with E-state index in [1.165, 1.54) is 4.31 Å². The first-order valence-corrected chi connectivity index (χ1v) is 8.96. The van der Waals surface area contributed by atoms with Crippen LogP contribution in [0, 0.1) is 0 Å². The van der Waals surface area contributed by atoms with Crippen LogP contribution in [0.15, 0.2) is 32.0 Å². The minimum atomic E-state index is -3.49. The van der Waals surface area contributed by atoms with Crippen LogP contribution < -0.4 is 0 Å². The summed E-state index contributed by atoms with van der Waals surface area (Å²) in [4.78, 5) is 0.288. The van der Waals surface area contributed by atoms with Crippen molar-refractivity contribution in [3.05, 3.63) is 27.1 Å². The van der Waals surface area contributed by atoms with Gasteiger partial charge in [-0.3, -0.25) is 0 Å². The van der Waals surface area contributed by atoms with Gasteiger partial charge < -0.3 is 4.74 Å². The number of sulfonamides is 1. The molecule has 19 heavy (non-hydrogen) atoms. The van der Waals surface area contributed by atoms with Gasteiger partial charge in [0.2, 0.25) is 10.0 Å². The van der Waals surface area contributed by atoms with Crippen molar-refractivity contribution < 1.29 is 13.2 Å². The maximum Gasteiger partial charge on any atom is 0.244 e. The monoisotopic (exact) mass is 411 g/mol. The molecule has 0 atom stereocenters. The summed E-state index contributed by atoms with van der Waals surface area (Å²) in [6.45, 7) is 1.23. The maximum atomic E-state index is 12.6. The second-order valence-corrected chi connectivity index (χ2v) is 8.18. The predicted octanol–water partition coefficient (Wildman–Crippen LogP) is 3.01. The molecule has 0 aromatic heterocycles. The topological polar surface area (TPSA) is 46.6 Å². The summed E-state index contributed by atoms with van der Waals surface area (Å²) >= 11 is 6.62. The Labute approximate surface area is 130 Å². The summed E-state index contributed by atoms with van der Waals surface area (Å²) in [7, 11) is -1.85. The van der Waals surface area contributed by atoms with Gasteiger partial charge in [-0.1, -0.05) is 15.9 Å². The first kappa shape index (κ1) is 15.4. The molecule has 0 amide bonds. The van der Waals surface area contributed by atoms with E-state index in [2.05, 4.69) is 31.9 Å². The Balaban J connectivity index is 2.33. The van der Waals surface area contributed by atoms with Gasteiger partial charge in [0.05, 0.1) is 4.90 Å². The summed E-state index contributed by atoms with van der Waals surface area (Å²) in [6, 6.07) is 5.16. The standard InChI is InChI=1S/C12H15Br2NO3S/c1-15(10-4-6-18-7-5-10)19(16,17)12-8-9(13)2-3-11(12)14/h2-3,8,10H,4-7H2,1H3. The molecule has 1 fully saturated rings. The van der Waals surface area contributed by atoms with Crippen LogP contribution in [0.5, 0.6) is 0 Å². The number of benzene rings is 1. The SMILES string of the molecule is CN(C1CCOCC1)S(=O)(=O)c1cc(Br)ccc1Br. The molecule has 0 spiro atoms. The molecule has 0 bridgehead atoms. The lowest BCUT2D eigenvalue weighted by Crippen LogP contribution is -2.40. The van der Waals surface area contributed by atoms with Crippen molar-refractivity contribution in [3.63, 3.8) is 0 Å². The molecule has 1 saturated heterocycles. The molecular formula is C12H15Br2NO3S. The van der Waals surface area contributed by atoms with Gasteiger partial charge in [0, 0.05) is 35.2 Å². The zero-order chi connectivity index (χ0) is 14.0. The van der Waals surface area contributed by atoms with Crippen molar-refractivity contribution in [2.24, 2.45) is 0 Å².